The Morgan fingerprint density at radius 3 is 2.14 bits per heavy atom. The number of aryl methyl sites for hydroxylation is 1. The lowest BCUT2D eigenvalue weighted by atomic mass is 10.1. The first-order valence-electron chi connectivity index (χ1n) is 12.2. The molecule has 35 heavy (non-hydrogen) atoms. The van der Waals surface area contributed by atoms with Gasteiger partial charge in [-0.15, -0.1) is 0 Å². The summed E-state index contributed by atoms with van der Waals surface area (Å²) in [6, 6.07) is 16.3. The quantitative estimate of drug-likeness (QED) is 0.444. The van der Waals surface area contributed by atoms with Gasteiger partial charge in [0, 0.05) is 25.6 Å². The highest BCUT2D eigenvalue weighted by Gasteiger charge is 2.29. The molecule has 0 saturated carbocycles. The molecule has 7 nitrogen and oxygen atoms in total. The van der Waals surface area contributed by atoms with E-state index < -0.39 is 16.1 Å². The minimum absolute atomic E-state index is 0.0167. The topological polar surface area (TPSA) is 86.8 Å². The lowest BCUT2D eigenvalue weighted by Crippen LogP contribution is -2.50. The van der Waals surface area contributed by atoms with Crippen molar-refractivity contribution in [1.29, 1.82) is 0 Å². The van der Waals surface area contributed by atoms with Crippen LogP contribution < -0.4 is 9.62 Å². The summed E-state index contributed by atoms with van der Waals surface area (Å²) >= 11 is 0. The van der Waals surface area contributed by atoms with Gasteiger partial charge < -0.3 is 10.2 Å². The fourth-order valence-corrected chi connectivity index (χ4v) is 4.82. The van der Waals surface area contributed by atoms with Gasteiger partial charge in [0.15, 0.2) is 0 Å². The van der Waals surface area contributed by atoms with Crippen molar-refractivity contribution in [3.8, 4) is 0 Å². The Morgan fingerprint density at radius 2 is 1.60 bits per heavy atom. The summed E-state index contributed by atoms with van der Waals surface area (Å²) < 4.78 is 26.2. The van der Waals surface area contributed by atoms with Crippen molar-refractivity contribution in [2.24, 2.45) is 0 Å². The Hall–Kier alpha value is -2.87. The summed E-state index contributed by atoms with van der Waals surface area (Å²) in [5.74, 6) is -0.332. The van der Waals surface area contributed by atoms with Gasteiger partial charge in [-0.05, 0) is 50.8 Å². The molecule has 2 amide bonds. The van der Waals surface area contributed by atoms with Crippen LogP contribution in [-0.4, -0.2) is 50.0 Å². The maximum atomic E-state index is 13.4. The predicted octanol–water partition coefficient (Wildman–Crippen LogP) is 4.26. The van der Waals surface area contributed by atoms with Crippen LogP contribution in [0.15, 0.2) is 54.6 Å². The van der Waals surface area contributed by atoms with Gasteiger partial charge in [-0.3, -0.25) is 13.9 Å². The van der Waals surface area contributed by atoms with Crippen LogP contribution in [0.1, 0.15) is 57.6 Å². The molecule has 2 atom stereocenters. The van der Waals surface area contributed by atoms with Crippen LogP contribution in [0.3, 0.4) is 0 Å². The van der Waals surface area contributed by atoms with Gasteiger partial charge >= 0.3 is 0 Å². The Morgan fingerprint density at radius 1 is 0.971 bits per heavy atom. The van der Waals surface area contributed by atoms with Crippen LogP contribution in [0, 0.1) is 6.92 Å². The summed E-state index contributed by atoms with van der Waals surface area (Å²) in [5.41, 5.74) is 2.55. The van der Waals surface area contributed by atoms with Crippen molar-refractivity contribution < 1.29 is 18.0 Å². The molecule has 0 aliphatic rings. The summed E-state index contributed by atoms with van der Waals surface area (Å²) in [5, 5.41) is 3.00. The van der Waals surface area contributed by atoms with E-state index >= 15 is 0 Å². The largest absolute Gasteiger partial charge is 0.352 e. The van der Waals surface area contributed by atoms with Crippen molar-refractivity contribution in [2.45, 2.75) is 72.0 Å². The van der Waals surface area contributed by atoms with E-state index in [1.165, 1.54) is 10.6 Å². The molecular formula is C27H39N3O4S. The highest BCUT2D eigenvalue weighted by molar-refractivity contribution is 7.92. The molecule has 0 aromatic heterocycles. The minimum atomic E-state index is -3.50. The molecule has 0 saturated heterocycles. The van der Waals surface area contributed by atoms with E-state index in [0.29, 0.717) is 25.1 Å². The van der Waals surface area contributed by atoms with E-state index in [2.05, 4.69) is 5.32 Å². The molecule has 0 aliphatic heterocycles. The molecule has 8 heteroatoms. The number of benzene rings is 2. The number of anilines is 1. The van der Waals surface area contributed by atoms with Crippen LogP contribution in [-0.2, 0) is 26.2 Å². The number of hydrogen-bond acceptors (Lipinski definition) is 4. The standard InChI is InChI=1S/C27H39N3O4S/c1-6-22(4)28-27(32)25(7-2)29(20-23-12-9-8-10-13-23)26(31)14-11-19-30(35(5,33)34)24-17-15-21(3)16-18-24/h8-10,12-13,15-18,22,25H,6-7,11,14,19-20H2,1-5H3,(H,28,32). The third-order valence-electron chi connectivity index (χ3n) is 6.06. The van der Waals surface area contributed by atoms with E-state index in [1.54, 1.807) is 17.0 Å². The first-order chi connectivity index (χ1) is 16.6. The normalized spacial score (nSPS) is 13.1. The van der Waals surface area contributed by atoms with Crippen LogP contribution >= 0.6 is 0 Å². The van der Waals surface area contributed by atoms with E-state index in [1.807, 2.05) is 70.2 Å². The zero-order valence-corrected chi connectivity index (χ0v) is 22.3. The predicted molar refractivity (Wildman–Crippen MR) is 142 cm³/mol. The fraction of sp³-hybridized carbons (Fsp3) is 0.481. The SMILES string of the molecule is CCC(C)NC(=O)C(CC)N(Cc1ccccc1)C(=O)CCCN(c1ccc(C)cc1)S(C)(=O)=O. The summed E-state index contributed by atoms with van der Waals surface area (Å²) in [7, 11) is -3.50. The second kappa shape index (κ2) is 13.3. The molecule has 2 unspecified atom stereocenters. The molecule has 0 aliphatic carbocycles. The van der Waals surface area contributed by atoms with Crippen molar-refractivity contribution in [3.63, 3.8) is 0 Å². The number of amides is 2. The number of carbonyl (C=O) groups excluding carboxylic acids is 2. The first-order valence-corrected chi connectivity index (χ1v) is 14.1. The van der Waals surface area contributed by atoms with Crippen LogP contribution in [0.5, 0.6) is 0 Å². The Kier molecular flexibility index (Phi) is 10.8. The number of hydrogen-bond donors (Lipinski definition) is 1. The van der Waals surface area contributed by atoms with Crippen molar-refractivity contribution in [1.82, 2.24) is 10.2 Å². The lowest BCUT2D eigenvalue weighted by molar-refractivity contribution is -0.141. The zero-order chi connectivity index (χ0) is 26.0. The van der Waals surface area contributed by atoms with Gasteiger partial charge in [-0.2, -0.15) is 0 Å². The van der Waals surface area contributed by atoms with Crippen LogP contribution in [0.25, 0.3) is 0 Å². The van der Waals surface area contributed by atoms with Crippen LogP contribution in [0.2, 0.25) is 0 Å². The number of nitrogens with one attached hydrogen (secondary N) is 1. The molecule has 2 rings (SSSR count). The van der Waals surface area contributed by atoms with Crippen LogP contribution in [0.4, 0.5) is 5.69 Å². The number of rotatable bonds is 13. The summed E-state index contributed by atoms with van der Waals surface area (Å²) in [4.78, 5) is 28.0. The van der Waals surface area contributed by atoms with E-state index in [-0.39, 0.29) is 30.8 Å². The fourth-order valence-electron chi connectivity index (χ4n) is 3.86. The van der Waals surface area contributed by atoms with E-state index in [4.69, 9.17) is 0 Å². The minimum Gasteiger partial charge on any atom is -0.352 e. The molecule has 2 aromatic carbocycles. The first kappa shape index (κ1) is 28.4. The number of sulfonamides is 1. The van der Waals surface area contributed by atoms with Gasteiger partial charge in [0.2, 0.25) is 21.8 Å². The van der Waals surface area contributed by atoms with E-state index in [9.17, 15) is 18.0 Å². The second-order valence-corrected chi connectivity index (χ2v) is 10.9. The van der Waals surface area contributed by atoms with Crippen molar-refractivity contribution in [3.05, 3.63) is 65.7 Å². The van der Waals surface area contributed by atoms with Crippen molar-refractivity contribution >= 4 is 27.5 Å². The van der Waals surface area contributed by atoms with Gasteiger partial charge in [-0.1, -0.05) is 61.9 Å². The molecule has 0 bridgehead atoms. The Labute approximate surface area is 210 Å². The smallest absolute Gasteiger partial charge is 0.243 e. The third kappa shape index (κ3) is 8.69. The lowest BCUT2D eigenvalue weighted by Gasteiger charge is -2.32. The molecule has 0 heterocycles. The molecule has 0 fully saturated rings. The van der Waals surface area contributed by atoms with Crippen molar-refractivity contribution in [2.75, 3.05) is 17.1 Å². The maximum Gasteiger partial charge on any atom is 0.243 e. The molecule has 0 spiro atoms. The number of nitrogens with zero attached hydrogens (tertiary/aromatic N) is 2. The summed E-state index contributed by atoms with van der Waals surface area (Å²) in [6.45, 7) is 8.28. The monoisotopic (exact) mass is 501 g/mol. The molecule has 0 radical (unpaired) electrons. The molecule has 1 N–H and O–H groups in total. The van der Waals surface area contributed by atoms with Gasteiger partial charge in [-0.25, -0.2) is 8.42 Å². The molecular weight excluding hydrogens is 462 g/mol. The Balaban J connectivity index is 2.18. The summed E-state index contributed by atoms with van der Waals surface area (Å²) in [6.07, 6.45) is 2.93. The molecule has 2 aromatic rings. The van der Waals surface area contributed by atoms with Gasteiger partial charge in [0.05, 0.1) is 11.9 Å². The average Bonchev–Trinajstić information content (AvgIpc) is 2.82. The van der Waals surface area contributed by atoms with Gasteiger partial charge in [0.25, 0.3) is 0 Å². The maximum absolute atomic E-state index is 13.4. The highest BCUT2D eigenvalue weighted by Crippen LogP contribution is 2.20. The third-order valence-corrected chi connectivity index (χ3v) is 7.25. The zero-order valence-electron chi connectivity index (χ0n) is 21.5. The number of carbonyl (C=O) groups is 2. The Bertz CT molecular complexity index is 1060. The highest BCUT2D eigenvalue weighted by atomic mass is 32.2. The van der Waals surface area contributed by atoms with Gasteiger partial charge in [0.1, 0.15) is 6.04 Å². The molecule has 192 valence electrons. The van der Waals surface area contributed by atoms with E-state index in [0.717, 1.165) is 17.5 Å². The average molecular weight is 502 g/mol. The second-order valence-electron chi connectivity index (χ2n) is 9.02.